The summed E-state index contributed by atoms with van der Waals surface area (Å²) in [7, 11) is 0. The van der Waals surface area contributed by atoms with Crippen LogP contribution in [0.3, 0.4) is 0 Å². The van der Waals surface area contributed by atoms with E-state index in [-0.39, 0.29) is 16.7 Å². The van der Waals surface area contributed by atoms with Crippen LogP contribution >= 0.6 is 11.6 Å². The number of benzene rings is 1. The molecule has 1 heterocycles. The largest absolute Gasteiger partial charge is 0.366 e. The normalized spacial score (nSPS) is 18.4. The number of hydrogen-bond donors (Lipinski definition) is 1. The molecule has 1 saturated heterocycles. The second-order valence-corrected chi connectivity index (χ2v) is 5.51. The smallest absolute Gasteiger partial charge is 0.292 e. The number of rotatable bonds is 3. The third-order valence-electron chi connectivity index (χ3n) is 3.76. The fraction of sp³-hybridized carbons (Fsp3) is 0.538. The fourth-order valence-electron chi connectivity index (χ4n) is 2.57. The maximum Gasteiger partial charge on any atom is 0.292 e. The van der Waals surface area contributed by atoms with Crippen LogP contribution in [-0.2, 0) is 0 Å². The van der Waals surface area contributed by atoms with Gasteiger partial charge < -0.3 is 10.6 Å². The Morgan fingerprint density at radius 2 is 2.11 bits per heavy atom. The van der Waals surface area contributed by atoms with Crippen molar-refractivity contribution in [3.05, 3.63) is 33.3 Å². The Morgan fingerprint density at radius 3 is 2.63 bits per heavy atom. The molecule has 0 spiro atoms. The minimum atomic E-state index is -0.358. The Balaban J connectivity index is 2.19. The molecule has 1 aromatic rings. The van der Waals surface area contributed by atoms with E-state index >= 15 is 0 Å². The van der Waals surface area contributed by atoms with Crippen LogP contribution in [0.25, 0.3) is 0 Å². The summed E-state index contributed by atoms with van der Waals surface area (Å²) in [5, 5.41) is 11.6. The first kappa shape index (κ1) is 14.1. The van der Waals surface area contributed by atoms with Crippen molar-refractivity contribution in [1.82, 2.24) is 0 Å². The van der Waals surface area contributed by atoms with Gasteiger partial charge in [-0.1, -0.05) is 11.6 Å². The van der Waals surface area contributed by atoms with Crippen molar-refractivity contribution in [3.63, 3.8) is 0 Å². The molecule has 0 aliphatic carbocycles. The molecule has 104 valence electrons. The van der Waals surface area contributed by atoms with Gasteiger partial charge in [-0.25, -0.2) is 0 Å². The minimum Gasteiger partial charge on any atom is -0.366 e. The lowest BCUT2D eigenvalue weighted by Gasteiger charge is -2.34. The van der Waals surface area contributed by atoms with E-state index in [2.05, 4.69) is 0 Å². The van der Waals surface area contributed by atoms with E-state index in [1.807, 2.05) is 11.8 Å². The Labute approximate surface area is 117 Å². The number of hydrogen-bond acceptors (Lipinski definition) is 4. The van der Waals surface area contributed by atoms with E-state index in [9.17, 15) is 10.1 Å². The van der Waals surface area contributed by atoms with Gasteiger partial charge in [0.2, 0.25) is 0 Å². The summed E-state index contributed by atoms with van der Waals surface area (Å²) in [5.41, 5.74) is 6.63. The number of nitrogens with zero attached hydrogens (tertiary/aromatic N) is 2. The van der Waals surface area contributed by atoms with Gasteiger partial charge in [0.15, 0.2) is 0 Å². The van der Waals surface area contributed by atoms with Crippen molar-refractivity contribution in [3.8, 4) is 0 Å². The molecule has 19 heavy (non-hydrogen) atoms. The maximum absolute atomic E-state index is 11.1. The minimum absolute atomic E-state index is 0.114. The highest BCUT2D eigenvalue weighted by Crippen LogP contribution is 2.34. The summed E-state index contributed by atoms with van der Waals surface area (Å²) in [4.78, 5) is 12.7. The van der Waals surface area contributed by atoms with E-state index in [0.29, 0.717) is 16.6 Å². The third kappa shape index (κ3) is 3.16. The zero-order valence-corrected chi connectivity index (χ0v) is 11.6. The summed E-state index contributed by atoms with van der Waals surface area (Å²) in [5.74, 6) is 0.495. The molecule has 6 heteroatoms. The highest BCUT2D eigenvalue weighted by atomic mass is 35.5. The Hall–Kier alpha value is -1.33. The summed E-state index contributed by atoms with van der Waals surface area (Å²) < 4.78 is 0. The van der Waals surface area contributed by atoms with Gasteiger partial charge in [-0.05, 0) is 37.8 Å². The number of anilines is 1. The van der Waals surface area contributed by atoms with Gasteiger partial charge in [0.05, 0.1) is 4.92 Å². The average Bonchev–Trinajstić information content (AvgIpc) is 2.38. The molecule has 1 fully saturated rings. The Morgan fingerprint density at radius 1 is 1.47 bits per heavy atom. The van der Waals surface area contributed by atoms with E-state index in [0.717, 1.165) is 25.9 Å². The van der Waals surface area contributed by atoms with Crippen molar-refractivity contribution >= 4 is 23.0 Å². The molecular formula is C13H18ClN3O2. The van der Waals surface area contributed by atoms with Crippen LogP contribution in [0.5, 0.6) is 0 Å². The monoisotopic (exact) mass is 283 g/mol. The number of piperidine rings is 1. The maximum atomic E-state index is 11.1. The Kier molecular flexibility index (Phi) is 4.27. The highest BCUT2D eigenvalue weighted by molar-refractivity contribution is 6.31. The van der Waals surface area contributed by atoms with Crippen LogP contribution in [-0.4, -0.2) is 24.1 Å². The molecule has 5 nitrogen and oxygen atoms in total. The lowest BCUT2D eigenvalue weighted by molar-refractivity contribution is -0.384. The van der Waals surface area contributed by atoms with Crippen molar-refractivity contribution in [1.29, 1.82) is 0 Å². The van der Waals surface area contributed by atoms with Crippen LogP contribution in [0.4, 0.5) is 11.4 Å². The van der Waals surface area contributed by atoms with Gasteiger partial charge in [0.1, 0.15) is 5.69 Å². The second kappa shape index (κ2) is 5.75. The lowest BCUT2D eigenvalue weighted by Crippen LogP contribution is -2.39. The molecule has 1 atom stereocenters. The van der Waals surface area contributed by atoms with Crippen LogP contribution in [0.2, 0.25) is 5.02 Å². The standard InChI is InChI=1S/C13H18ClN3O2/c1-9(15)10-4-6-16(7-5-10)13-8-11(14)2-3-12(13)17(18)19/h2-3,8-10H,4-7,15H2,1H3. The molecule has 2 N–H and O–H groups in total. The molecule has 2 rings (SSSR count). The van der Waals surface area contributed by atoms with Crippen molar-refractivity contribution in [2.75, 3.05) is 18.0 Å². The first-order valence-electron chi connectivity index (χ1n) is 6.43. The predicted molar refractivity (Wildman–Crippen MR) is 76.7 cm³/mol. The van der Waals surface area contributed by atoms with Gasteiger partial charge in [-0.3, -0.25) is 10.1 Å². The zero-order chi connectivity index (χ0) is 14.0. The molecule has 0 radical (unpaired) electrons. The van der Waals surface area contributed by atoms with Gasteiger partial charge in [-0.2, -0.15) is 0 Å². The number of nitro groups is 1. The fourth-order valence-corrected chi connectivity index (χ4v) is 2.74. The van der Waals surface area contributed by atoms with E-state index < -0.39 is 0 Å². The Bertz CT molecular complexity index is 471. The molecule has 0 bridgehead atoms. The van der Waals surface area contributed by atoms with E-state index in [4.69, 9.17) is 17.3 Å². The van der Waals surface area contributed by atoms with E-state index in [1.54, 1.807) is 12.1 Å². The summed E-state index contributed by atoms with van der Waals surface area (Å²) in [6.45, 7) is 3.59. The van der Waals surface area contributed by atoms with Gasteiger partial charge in [-0.15, -0.1) is 0 Å². The molecule has 1 aliphatic rings. The molecular weight excluding hydrogens is 266 g/mol. The number of nitrogens with two attached hydrogens (primary N) is 1. The van der Waals surface area contributed by atoms with E-state index in [1.165, 1.54) is 6.07 Å². The topological polar surface area (TPSA) is 72.4 Å². The predicted octanol–water partition coefficient (Wildman–Crippen LogP) is 2.81. The van der Waals surface area contributed by atoms with Gasteiger partial charge in [0, 0.05) is 30.2 Å². The van der Waals surface area contributed by atoms with Crippen molar-refractivity contribution in [2.45, 2.75) is 25.8 Å². The SMILES string of the molecule is CC(N)C1CCN(c2cc(Cl)ccc2[N+](=O)[O-])CC1. The van der Waals surface area contributed by atoms with Crippen molar-refractivity contribution < 1.29 is 4.92 Å². The van der Waals surface area contributed by atoms with Crippen LogP contribution in [0.15, 0.2) is 18.2 Å². The quantitative estimate of drug-likeness (QED) is 0.684. The highest BCUT2D eigenvalue weighted by Gasteiger charge is 2.26. The average molecular weight is 284 g/mol. The second-order valence-electron chi connectivity index (χ2n) is 5.07. The van der Waals surface area contributed by atoms with Crippen LogP contribution in [0, 0.1) is 16.0 Å². The molecule has 0 aromatic heterocycles. The first-order valence-corrected chi connectivity index (χ1v) is 6.81. The number of halogens is 1. The molecule has 1 aliphatic heterocycles. The van der Waals surface area contributed by atoms with Gasteiger partial charge in [0.25, 0.3) is 5.69 Å². The van der Waals surface area contributed by atoms with Crippen molar-refractivity contribution in [2.24, 2.45) is 11.7 Å². The zero-order valence-electron chi connectivity index (χ0n) is 10.9. The lowest BCUT2D eigenvalue weighted by atomic mass is 9.90. The summed E-state index contributed by atoms with van der Waals surface area (Å²) in [6, 6.07) is 4.87. The van der Waals surface area contributed by atoms with Crippen LogP contribution < -0.4 is 10.6 Å². The molecule has 1 unspecified atom stereocenters. The summed E-state index contributed by atoms with van der Waals surface area (Å²) >= 11 is 5.95. The van der Waals surface area contributed by atoms with Gasteiger partial charge >= 0.3 is 0 Å². The third-order valence-corrected chi connectivity index (χ3v) is 3.99. The molecule has 0 saturated carbocycles. The first-order chi connectivity index (χ1) is 8.99. The molecule has 0 amide bonds. The summed E-state index contributed by atoms with van der Waals surface area (Å²) in [6.07, 6.45) is 1.92. The van der Waals surface area contributed by atoms with Crippen LogP contribution in [0.1, 0.15) is 19.8 Å². The number of nitro benzene ring substituents is 1. The molecule has 1 aromatic carbocycles.